The number of aryl methyl sites for hydroxylation is 1. The van der Waals surface area contributed by atoms with E-state index in [4.69, 9.17) is 5.73 Å². The monoisotopic (exact) mass is 314 g/mol. The van der Waals surface area contributed by atoms with Gasteiger partial charge in [-0.15, -0.1) is 0 Å². The molecule has 0 saturated heterocycles. The van der Waals surface area contributed by atoms with Crippen molar-refractivity contribution in [2.24, 2.45) is 0 Å². The van der Waals surface area contributed by atoms with Crippen LogP contribution in [0.5, 0.6) is 0 Å². The lowest BCUT2D eigenvalue weighted by atomic mass is 10.2. The Balaban J connectivity index is 2.43. The van der Waals surface area contributed by atoms with E-state index in [1.54, 1.807) is 6.92 Å². The lowest BCUT2D eigenvalue weighted by Crippen LogP contribution is -2.04. The van der Waals surface area contributed by atoms with E-state index >= 15 is 0 Å². The van der Waals surface area contributed by atoms with Crippen molar-refractivity contribution in [3.05, 3.63) is 40.0 Å². The first-order valence-electron chi connectivity index (χ1n) is 4.98. The molecule has 0 fully saturated rings. The maximum atomic E-state index is 13.6. The van der Waals surface area contributed by atoms with Gasteiger partial charge in [0.25, 0.3) is 0 Å². The van der Waals surface area contributed by atoms with Crippen LogP contribution in [0.3, 0.4) is 0 Å². The highest BCUT2D eigenvalue weighted by Crippen LogP contribution is 2.27. The largest absolute Gasteiger partial charge is 0.368 e. The summed E-state index contributed by atoms with van der Waals surface area (Å²) in [5, 5.41) is 2.57. The quantitative estimate of drug-likeness (QED) is 0.893. The molecule has 0 bridgehead atoms. The van der Waals surface area contributed by atoms with Gasteiger partial charge in [0, 0.05) is 16.2 Å². The Bertz CT molecular complexity index is 581. The number of hydrogen-bond acceptors (Lipinski definition) is 4. The number of benzene rings is 1. The highest BCUT2D eigenvalue weighted by molar-refractivity contribution is 9.10. The highest BCUT2D eigenvalue weighted by atomic mass is 79.9. The van der Waals surface area contributed by atoms with Gasteiger partial charge in [-0.3, -0.25) is 0 Å². The van der Waals surface area contributed by atoms with Gasteiger partial charge in [-0.2, -0.15) is 4.98 Å². The summed E-state index contributed by atoms with van der Waals surface area (Å²) in [5.41, 5.74) is 5.78. The number of hydrogen-bond donors (Lipinski definition) is 2. The number of anilines is 3. The van der Waals surface area contributed by atoms with Crippen LogP contribution in [0.1, 0.15) is 5.56 Å². The highest BCUT2D eigenvalue weighted by Gasteiger charge is 2.12. The van der Waals surface area contributed by atoms with Crippen LogP contribution < -0.4 is 11.1 Å². The van der Waals surface area contributed by atoms with E-state index in [1.165, 1.54) is 6.20 Å². The standard InChI is InChI=1S/C11H9BrF2N4/c1-5-4-16-11(15)18-10(5)17-9-7(13)2-6(12)3-8(9)14/h2-4H,1H3,(H3,15,16,17,18). The van der Waals surface area contributed by atoms with E-state index < -0.39 is 11.6 Å². The molecule has 1 aromatic heterocycles. The third kappa shape index (κ3) is 2.56. The molecule has 94 valence electrons. The number of halogens is 3. The van der Waals surface area contributed by atoms with Crippen molar-refractivity contribution in [3.63, 3.8) is 0 Å². The van der Waals surface area contributed by atoms with Crippen molar-refractivity contribution in [2.45, 2.75) is 6.92 Å². The fourth-order valence-corrected chi connectivity index (χ4v) is 1.76. The minimum absolute atomic E-state index is 0.0287. The van der Waals surface area contributed by atoms with Crippen LogP contribution in [-0.4, -0.2) is 9.97 Å². The molecule has 2 rings (SSSR count). The molecule has 2 aromatic rings. The van der Waals surface area contributed by atoms with Crippen LogP contribution in [0.15, 0.2) is 22.8 Å². The van der Waals surface area contributed by atoms with E-state index in [0.29, 0.717) is 10.0 Å². The van der Waals surface area contributed by atoms with E-state index in [0.717, 1.165) is 12.1 Å². The zero-order chi connectivity index (χ0) is 13.3. The number of aromatic nitrogens is 2. The first kappa shape index (κ1) is 12.7. The third-order valence-electron chi connectivity index (χ3n) is 2.24. The molecule has 1 heterocycles. The topological polar surface area (TPSA) is 63.8 Å². The van der Waals surface area contributed by atoms with Crippen LogP contribution in [0.2, 0.25) is 0 Å². The second kappa shape index (κ2) is 4.85. The summed E-state index contributed by atoms with van der Waals surface area (Å²) < 4.78 is 27.6. The molecular formula is C11H9BrF2N4. The molecule has 0 spiro atoms. The number of nitrogens with zero attached hydrogens (tertiary/aromatic N) is 2. The lowest BCUT2D eigenvalue weighted by molar-refractivity contribution is 0.589. The minimum Gasteiger partial charge on any atom is -0.368 e. The van der Waals surface area contributed by atoms with Crippen molar-refractivity contribution in [1.29, 1.82) is 0 Å². The molecule has 0 saturated carbocycles. The van der Waals surface area contributed by atoms with E-state index in [-0.39, 0.29) is 17.5 Å². The van der Waals surface area contributed by atoms with Crippen LogP contribution in [0, 0.1) is 18.6 Å². The van der Waals surface area contributed by atoms with Crippen molar-refractivity contribution in [2.75, 3.05) is 11.1 Å². The summed E-state index contributed by atoms with van der Waals surface area (Å²) >= 11 is 3.01. The molecule has 0 aliphatic rings. The van der Waals surface area contributed by atoms with Gasteiger partial charge in [0.2, 0.25) is 5.95 Å². The van der Waals surface area contributed by atoms with Gasteiger partial charge in [-0.1, -0.05) is 15.9 Å². The zero-order valence-electron chi connectivity index (χ0n) is 9.34. The third-order valence-corrected chi connectivity index (χ3v) is 2.70. The molecule has 0 amide bonds. The van der Waals surface area contributed by atoms with Gasteiger partial charge in [0.15, 0.2) is 11.6 Å². The molecule has 0 unspecified atom stereocenters. The van der Waals surface area contributed by atoms with Gasteiger partial charge in [0.05, 0.1) is 0 Å². The molecule has 0 atom stereocenters. The second-order valence-electron chi connectivity index (χ2n) is 3.63. The minimum atomic E-state index is -0.724. The second-order valence-corrected chi connectivity index (χ2v) is 4.54. The van der Waals surface area contributed by atoms with Gasteiger partial charge in [-0.25, -0.2) is 13.8 Å². The van der Waals surface area contributed by atoms with E-state index in [9.17, 15) is 8.78 Å². The Morgan fingerprint density at radius 2 is 1.89 bits per heavy atom. The van der Waals surface area contributed by atoms with Gasteiger partial charge >= 0.3 is 0 Å². The Morgan fingerprint density at radius 1 is 1.28 bits per heavy atom. The lowest BCUT2D eigenvalue weighted by Gasteiger charge is -2.10. The summed E-state index contributed by atoms with van der Waals surface area (Å²) in [6.07, 6.45) is 1.47. The Hall–Kier alpha value is -1.76. The fourth-order valence-electron chi connectivity index (χ4n) is 1.36. The molecule has 7 heteroatoms. The van der Waals surface area contributed by atoms with Gasteiger partial charge < -0.3 is 11.1 Å². The molecule has 4 nitrogen and oxygen atoms in total. The molecule has 0 aliphatic carbocycles. The Kier molecular flexibility index (Phi) is 3.42. The fraction of sp³-hybridized carbons (Fsp3) is 0.0909. The van der Waals surface area contributed by atoms with Crippen molar-refractivity contribution in [1.82, 2.24) is 9.97 Å². The average Bonchev–Trinajstić information content (AvgIpc) is 2.28. The number of nitrogens with one attached hydrogen (secondary N) is 1. The van der Waals surface area contributed by atoms with Crippen molar-refractivity contribution in [3.8, 4) is 0 Å². The SMILES string of the molecule is Cc1cnc(N)nc1Nc1c(F)cc(Br)cc1F. The molecule has 3 N–H and O–H groups in total. The van der Waals surface area contributed by atoms with E-state index in [2.05, 4.69) is 31.2 Å². The normalized spacial score (nSPS) is 10.4. The van der Waals surface area contributed by atoms with Gasteiger partial charge in [-0.05, 0) is 19.1 Å². The predicted molar refractivity (Wildman–Crippen MR) is 68.5 cm³/mol. The predicted octanol–water partition coefficient (Wildman–Crippen LogP) is 3.15. The molecule has 1 aromatic carbocycles. The van der Waals surface area contributed by atoms with Crippen LogP contribution >= 0.6 is 15.9 Å². The molecule has 0 radical (unpaired) electrons. The van der Waals surface area contributed by atoms with Crippen LogP contribution in [0.4, 0.5) is 26.2 Å². The maximum absolute atomic E-state index is 13.6. The summed E-state index contributed by atoms with van der Waals surface area (Å²) in [4.78, 5) is 7.65. The average molecular weight is 315 g/mol. The van der Waals surface area contributed by atoms with Crippen LogP contribution in [-0.2, 0) is 0 Å². The number of rotatable bonds is 2. The summed E-state index contributed by atoms with van der Waals surface area (Å²) in [6.45, 7) is 1.70. The maximum Gasteiger partial charge on any atom is 0.221 e. The first-order valence-corrected chi connectivity index (χ1v) is 5.77. The number of nitrogens with two attached hydrogens (primary N) is 1. The first-order chi connectivity index (χ1) is 8.47. The summed E-state index contributed by atoms with van der Waals surface area (Å²) in [7, 11) is 0. The molecule has 0 aliphatic heterocycles. The summed E-state index contributed by atoms with van der Waals surface area (Å²) in [6, 6.07) is 2.32. The zero-order valence-corrected chi connectivity index (χ0v) is 10.9. The molecule has 18 heavy (non-hydrogen) atoms. The Labute approximate surface area is 110 Å². The smallest absolute Gasteiger partial charge is 0.221 e. The Morgan fingerprint density at radius 3 is 2.50 bits per heavy atom. The van der Waals surface area contributed by atoms with E-state index in [1.807, 2.05) is 0 Å². The molecular weight excluding hydrogens is 306 g/mol. The van der Waals surface area contributed by atoms with Gasteiger partial charge in [0.1, 0.15) is 11.5 Å². The number of nitrogen functional groups attached to an aromatic ring is 1. The summed E-state index contributed by atoms with van der Waals surface area (Å²) in [5.74, 6) is -1.15. The van der Waals surface area contributed by atoms with Crippen LogP contribution in [0.25, 0.3) is 0 Å². The van der Waals surface area contributed by atoms with Crippen molar-refractivity contribution >= 4 is 33.4 Å². The van der Waals surface area contributed by atoms with Crippen molar-refractivity contribution < 1.29 is 8.78 Å².